The molecule has 0 N–H and O–H groups in total. The summed E-state index contributed by atoms with van der Waals surface area (Å²) in [5.41, 5.74) is 4.93. The van der Waals surface area contributed by atoms with Crippen molar-refractivity contribution in [2.75, 3.05) is 32.8 Å². The van der Waals surface area contributed by atoms with Gasteiger partial charge in [-0.1, -0.05) is 17.3 Å². The quantitative estimate of drug-likeness (QED) is 0.731. The number of carbonyl (C=O) groups is 1. The van der Waals surface area contributed by atoms with Crippen LogP contribution in [-0.2, 0) is 22.4 Å². The fraction of sp³-hybridized carbons (Fsp3) is 0.625. The summed E-state index contributed by atoms with van der Waals surface area (Å²) in [6, 6.07) is 7.02. The molecule has 172 valence electrons. The number of morpholine rings is 1. The van der Waals surface area contributed by atoms with Crippen LogP contribution in [0.1, 0.15) is 54.0 Å². The minimum atomic E-state index is -0.0637. The number of rotatable bonds is 3. The Labute approximate surface area is 189 Å². The van der Waals surface area contributed by atoms with Gasteiger partial charge >= 0.3 is 0 Å². The third kappa shape index (κ3) is 4.07. The summed E-state index contributed by atoms with van der Waals surface area (Å²) in [4.78, 5) is 17.6. The summed E-state index contributed by atoms with van der Waals surface area (Å²) in [6.45, 7) is 10.8. The van der Waals surface area contributed by atoms with E-state index in [9.17, 15) is 4.79 Å². The van der Waals surface area contributed by atoms with E-state index in [1.807, 2.05) is 30.4 Å². The van der Waals surface area contributed by atoms with Crippen molar-refractivity contribution >= 4 is 5.91 Å². The monoisotopic (exact) mass is 439 g/mol. The number of carbonyl (C=O) groups excluding carboxylic acids is 1. The van der Waals surface area contributed by atoms with Crippen LogP contribution in [-0.4, -0.2) is 81.8 Å². The van der Waals surface area contributed by atoms with Crippen LogP contribution < -0.4 is 0 Å². The van der Waals surface area contributed by atoms with E-state index < -0.39 is 0 Å². The maximum atomic E-state index is 13.2. The number of fused-ring (bicyclic) bond motifs is 1. The fourth-order valence-electron chi connectivity index (χ4n) is 5.42. The molecule has 5 rings (SSSR count). The summed E-state index contributed by atoms with van der Waals surface area (Å²) >= 11 is 0. The van der Waals surface area contributed by atoms with Crippen molar-refractivity contribution < 1.29 is 14.3 Å². The first-order valence-corrected chi connectivity index (χ1v) is 11.8. The van der Waals surface area contributed by atoms with Crippen molar-refractivity contribution in [1.29, 1.82) is 0 Å². The van der Waals surface area contributed by atoms with Crippen LogP contribution in [0.4, 0.5) is 0 Å². The summed E-state index contributed by atoms with van der Waals surface area (Å²) in [6.07, 6.45) is 3.25. The first-order chi connectivity index (χ1) is 15.5. The third-order valence-electron chi connectivity index (χ3n) is 7.01. The number of amides is 1. The van der Waals surface area contributed by atoms with E-state index in [-0.39, 0.29) is 18.1 Å². The van der Waals surface area contributed by atoms with Crippen LogP contribution in [0.25, 0.3) is 5.69 Å². The van der Waals surface area contributed by atoms with Gasteiger partial charge < -0.3 is 14.4 Å². The molecule has 2 atom stereocenters. The Hall–Kier alpha value is -2.29. The number of nitrogens with zero attached hydrogens (tertiary/aromatic N) is 5. The third-order valence-corrected chi connectivity index (χ3v) is 7.01. The van der Waals surface area contributed by atoms with Crippen molar-refractivity contribution in [3.05, 3.63) is 40.7 Å². The molecular weight excluding hydrogens is 406 g/mol. The van der Waals surface area contributed by atoms with Crippen LogP contribution in [0.2, 0.25) is 0 Å². The lowest BCUT2D eigenvalue weighted by molar-refractivity contribution is -0.0587. The predicted octanol–water partition coefficient (Wildman–Crippen LogP) is 2.36. The average Bonchev–Trinajstić information content (AvgIpc) is 3.18. The lowest BCUT2D eigenvalue weighted by Crippen LogP contribution is -2.48. The lowest BCUT2D eigenvalue weighted by Gasteiger charge is -2.38. The van der Waals surface area contributed by atoms with Crippen LogP contribution in [0.15, 0.2) is 18.2 Å². The molecule has 0 unspecified atom stereocenters. The van der Waals surface area contributed by atoms with E-state index in [4.69, 9.17) is 9.47 Å². The molecule has 2 saturated heterocycles. The highest BCUT2D eigenvalue weighted by Crippen LogP contribution is 2.29. The van der Waals surface area contributed by atoms with Gasteiger partial charge in [0, 0.05) is 45.4 Å². The van der Waals surface area contributed by atoms with Gasteiger partial charge in [-0.2, -0.15) is 0 Å². The van der Waals surface area contributed by atoms with Crippen LogP contribution in [0.3, 0.4) is 0 Å². The SMILES string of the molecule is Cc1c(C(=O)N2C[C@@H](C)O[C@@H](C)C2)nnn1-c1cccc2c1CCN(C1CCOCC1)C2. The first kappa shape index (κ1) is 21.6. The molecule has 3 aliphatic rings. The highest BCUT2D eigenvalue weighted by molar-refractivity contribution is 5.93. The second-order valence-electron chi connectivity index (χ2n) is 9.38. The van der Waals surface area contributed by atoms with E-state index in [2.05, 4.69) is 33.4 Å². The summed E-state index contributed by atoms with van der Waals surface area (Å²) in [5, 5.41) is 8.73. The van der Waals surface area contributed by atoms with Crippen molar-refractivity contribution in [2.45, 2.75) is 64.8 Å². The van der Waals surface area contributed by atoms with Gasteiger partial charge in [0.05, 0.1) is 23.6 Å². The molecule has 0 aliphatic carbocycles. The zero-order chi connectivity index (χ0) is 22.2. The second-order valence-corrected chi connectivity index (χ2v) is 9.38. The molecule has 8 heteroatoms. The van der Waals surface area contributed by atoms with Crippen LogP contribution >= 0.6 is 0 Å². The molecular formula is C24H33N5O3. The molecule has 1 aromatic carbocycles. The highest BCUT2D eigenvalue weighted by atomic mass is 16.5. The molecule has 2 fully saturated rings. The van der Waals surface area contributed by atoms with Crippen molar-refractivity contribution in [3.63, 3.8) is 0 Å². The van der Waals surface area contributed by atoms with Gasteiger partial charge in [0.25, 0.3) is 5.91 Å². The van der Waals surface area contributed by atoms with E-state index in [1.54, 1.807) is 0 Å². The van der Waals surface area contributed by atoms with E-state index in [0.29, 0.717) is 24.8 Å². The zero-order valence-electron chi connectivity index (χ0n) is 19.3. The average molecular weight is 440 g/mol. The van der Waals surface area contributed by atoms with E-state index in [0.717, 1.165) is 56.9 Å². The van der Waals surface area contributed by atoms with Gasteiger partial charge in [0.1, 0.15) is 0 Å². The summed E-state index contributed by atoms with van der Waals surface area (Å²) < 4.78 is 13.2. The standard InChI is InChI=1S/C24H33N5O3/c1-16-13-28(14-17(2)32-16)24(30)23-18(3)29(26-25-23)22-6-4-5-19-15-27(10-7-21(19)22)20-8-11-31-12-9-20/h4-6,16-17,20H,7-15H2,1-3H3/t16-,17+. The normalized spacial score (nSPS) is 25.0. The van der Waals surface area contributed by atoms with E-state index >= 15 is 0 Å². The van der Waals surface area contributed by atoms with Crippen molar-refractivity contribution in [3.8, 4) is 5.69 Å². The van der Waals surface area contributed by atoms with E-state index in [1.165, 1.54) is 11.1 Å². The largest absolute Gasteiger partial charge is 0.381 e. The van der Waals surface area contributed by atoms with Gasteiger partial charge in [-0.25, -0.2) is 4.68 Å². The first-order valence-electron chi connectivity index (χ1n) is 11.8. The number of ether oxygens (including phenoxy) is 2. The minimum absolute atomic E-state index is 0.0258. The molecule has 8 nitrogen and oxygen atoms in total. The van der Waals surface area contributed by atoms with Crippen molar-refractivity contribution in [2.24, 2.45) is 0 Å². The van der Waals surface area contributed by atoms with Gasteiger partial charge in [-0.3, -0.25) is 9.69 Å². The number of hydrogen-bond donors (Lipinski definition) is 0. The minimum Gasteiger partial charge on any atom is -0.381 e. The Bertz CT molecular complexity index is 974. The number of benzene rings is 1. The number of aromatic nitrogens is 3. The zero-order valence-corrected chi connectivity index (χ0v) is 19.3. The predicted molar refractivity (Wildman–Crippen MR) is 120 cm³/mol. The molecule has 0 bridgehead atoms. The Morgan fingerprint density at radius 2 is 1.88 bits per heavy atom. The molecule has 2 aromatic rings. The molecule has 0 spiro atoms. The maximum absolute atomic E-state index is 13.2. The van der Waals surface area contributed by atoms with Gasteiger partial charge in [0.2, 0.25) is 0 Å². The fourth-order valence-corrected chi connectivity index (χ4v) is 5.42. The lowest BCUT2D eigenvalue weighted by atomic mass is 9.95. The Morgan fingerprint density at radius 3 is 2.62 bits per heavy atom. The molecule has 1 aromatic heterocycles. The molecule has 0 radical (unpaired) electrons. The molecule has 1 amide bonds. The summed E-state index contributed by atoms with van der Waals surface area (Å²) in [5.74, 6) is -0.0637. The Morgan fingerprint density at radius 1 is 1.12 bits per heavy atom. The molecule has 4 heterocycles. The van der Waals surface area contributed by atoms with Crippen molar-refractivity contribution in [1.82, 2.24) is 24.8 Å². The second kappa shape index (κ2) is 8.92. The summed E-state index contributed by atoms with van der Waals surface area (Å²) in [7, 11) is 0. The maximum Gasteiger partial charge on any atom is 0.276 e. The molecule has 32 heavy (non-hydrogen) atoms. The smallest absolute Gasteiger partial charge is 0.276 e. The van der Waals surface area contributed by atoms with Gasteiger partial charge in [-0.05, 0) is 57.2 Å². The van der Waals surface area contributed by atoms with Gasteiger partial charge in [0.15, 0.2) is 5.69 Å². The molecule has 3 aliphatic heterocycles. The van der Waals surface area contributed by atoms with Crippen LogP contribution in [0.5, 0.6) is 0 Å². The Kier molecular flexibility index (Phi) is 6.01. The number of hydrogen-bond acceptors (Lipinski definition) is 6. The van der Waals surface area contributed by atoms with Crippen LogP contribution in [0, 0.1) is 6.92 Å². The Balaban J connectivity index is 1.39. The topological polar surface area (TPSA) is 72.7 Å². The highest BCUT2D eigenvalue weighted by Gasteiger charge is 2.31. The van der Waals surface area contributed by atoms with Gasteiger partial charge in [-0.15, -0.1) is 5.10 Å². The molecule has 0 saturated carbocycles.